The van der Waals surface area contributed by atoms with Gasteiger partial charge >= 0.3 is 5.69 Å². The zero-order valence-electron chi connectivity index (χ0n) is 7.81. The number of ketones is 1. The zero-order valence-corrected chi connectivity index (χ0v) is 9.39. The molecule has 0 bridgehead atoms. The Morgan fingerprint density at radius 3 is 2.69 bits per heavy atom. The van der Waals surface area contributed by atoms with Crippen molar-refractivity contribution in [3.8, 4) is 11.8 Å². The molecule has 0 fully saturated rings. The van der Waals surface area contributed by atoms with Crippen molar-refractivity contribution in [3.63, 3.8) is 0 Å². The number of nitro benzene ring substituents is 1. The highest BCUT2D eigenvalue weighted by atomic mass is 79.9. The Bertz CT molecular complexity index is 507. The van der Waals surface area contributed by atoms with Gasteiger partial charge in [0.15, 0.2) is 5.78 Å². The predicted molar refractivity (Wildman–Crippen MR) is 57.6 cm³/mol. The number of hydrogen-bond acceptors (Lipinski definition) is 5. The lowest BCUT2D eigenvalue weighted by Gasteiger charge is -2.03. The first-order valence-corrected chi connectivity index (χ1v) is 5.14. The maximum Gasteiger partial charge on any atom is 0.301 e. The number of benzene rings is 1. The number of nitriles is 1. The van der Waals surface area contributed by atoms with Gasteiger partial charge in [0, 0.05) is 0 Å². The standard InChI is InChI=1S/C9H5BrN2O4/c10-3-7(14)8-6(13)2-1-5(4-11)9(8)12(15)16/h1-2,13H,3H2. The summed E-state index contributed by atoms with van der Waals surface area (Å²) in [6.07, 6.45) is 0. The normalized spacial score (nSPS) is 9.50. The van der Waals surface area contributed by atoms with Gasteiger partial charge in [-0.25, -0.2) is 0 Å². The maximum absolute atomic E-state index is 11.4. The van der Waals surface area contributed by atoms with Crippen molar-refractivity contribution in [2.24, 2.45) is 0 Å². The number of rotatable bonds is 3. The summed E-state index contributed by atoms with van der Waals surface area (Å²) in [7, 11) is 0. The smallest absolute Gasteiger partial charge is 0.301 e. The van der Waals surface area contributed by atoms with Crippen molar-refractivity contribution in [2.75, 3.05) is 5.33 Å². The quantitative estimate of drug-likeness (QED) is 0.394. The Balaban J connectivity index is 3.62. The van der Waals surface area contributed by atoms with Gasteiger partial charge in [0.25, 0.3) is 0 Å². The summed E-state index contributed by atoms with van der Waals surface area (Å²) in [6.45, 7) is 0. The molecule has 1 rings (SSSR count). The SMILES string of the molecule is N#Cc1ccc(O)c(C(=O)CBr)c1[N+](=O)[O-]. The molecule has 82 valence electrons. The van der Waals surface area contributed by atoms with E-state index < -0.39 is 27.7 Å². The van der Waals surface area contributed by atoms with E-state index in [9.17, 15) is 20.0 Å². The molecule has 0 saturated heterocycles. The molecule has 0 atom stereocenters. The van der Waals surface area contributed by atoms with E-state index in [0.29, 0.717) is 0 Å². The number of phenols is 1. The molecule has 0 heterocycles. The van der Waals surface area contributed by atoms with Gasteiger partial charge in [-0.05, 0) is 12.1 Å². The molecule has 0 aromatic heterocycles. The number of phenolic OH excluding ortho intramolecular Hbond substituents is 1. The van der Waals surface area contributed by atoms with E-state index in [4.69, 9.17) is 5.26 Å². The van der Waals surface area contributed by atoms with Crippen LogP contribution < -0.4 is 0 Å². The summed E-state index contributed by atoms with van der Waals surface area (Å²) >= 11 is 2.85. The minimum Gasteiger partial charge on any atom is -0.507 e. The Kier molecular flexibility index (Phi) is 3.58. The lowest BCUT2D eigenvalue weighted by Crippen LogP contribution is -2.07. The Morgan fingerprint density at radius 1 is 1.62 bits per heavy atom. The number of aromatic hydroxyl groups is 1. The van der Waals surface area contributed by atoms with Crippen LogP contribution in [-0.2, 0) is 0 Å². The Labute approximate surface area is 98.4 Å². The second kappa shape index (κ2) is 4.72. The number of carbonyl (C=O) groups excluding carboxylic acids is 1. The molecule has 6 nitrogen and oxygen atoms in total. The van der Waals surface area contributed by atoms with Gasteiger partial charge in [-0.2, -0.15) is 5.26 Å². The van der Waals surface area contributed by atoms with Gasteiger partial charge in [0.05, 0.1) is 10.3 Å². The second-order valence-electron chi connectivity index (χ2n) is 2.78. The zero-order chi connectivity index (χ0) is 12.3. The van der Waals surface area contributed by atoms with Crippen LogP contribution in [0.25, 0.3) is 0 Å². The highest BCUT2D eigenvalue weighted by Crippen LogP contribution is 2.31. The fourth-order valence-corrected chi connectivity index (χ4v) is 1.48. The van der Waals surface area contributed by atoms with E-state index in [2.05, 4.69) is 15.9 Å². The molecule has 1 aromatic rings. The first-order chi connectivity index (χ1) is 7.52. The molecule has 0 saturated carbocycles. The van der Waals surface area contributed by atoms with Gasteiger partial charge in [-0.3, -0.25) is 14.9 Å². The van der Waals surface area contributed by atoms with Gasteiger partial charge in [0.1, 0.15) is 22.9 Å². The summed E-state index contributed by atoms with van der Waals surface area (Å²) in [4.78, 5) is 21.3. The van der Waals surface area contributed by atoms with E-state index in [0.717, 1.165) is 12.1 Å². The van der Waals surface area contributed by atoms with E-state index in [-0.39, 0.29) is 10.9 Å². The van der Waals surface area contributed by atoms with Crippen LogP contribution in [0.5, 0.6) is 5.75 Å². The fraction of sp³-hybridized carbons (Fsp3) is 0.111. The van der Waals surface area contributed by atoms with Crippen molar-refractivity contribution < 1.29 is 14.8 Å². The van der Waals surface area contributed by atoms with Crippen LogP contribution in [0.4, 0.5) is 5.69 Å². The largest absolute Gasteiger partial charge is 0.507 e. The van der Waals surface area contributed by atoms with Gasteiger partial charge in [0.2, 0.25) is 0 Å². The molecule has 1 aromatic carbocycles. The van der Waals surface area contributed by atoms with Crippen LogP contribution in [0, 0.1) is 21.4 Å². The molecule has 0 aliphatic carbocycles. The number of hydrogen-bond donors (Lipinski definition) is 1. The summed E-state index contributed by atoms with van der Waals surface area (Å²) in [5, 5.41) is 28.7. The van der Waals surface area contributed by atoms with E-state index in [1.165, 1.54) is 0 Å². The average molecular weight is 285 g/mol. The molecular weight excluding hydrogens is 280 g/mol. The number of nitrogens with zero attached hydrogens (tertiary/aromatic N) is 2. The molecule has 0 spiro atoms. The molecular formula is C9H5BrN2O4. The third-order valence-corrected chi connectivity index (χ3v) is 2.37. The monoisotopic (exact) mass is 284 g/mol. The van der Waals surface area contributed by atoms with E-state index in [1.807, 2.05) is 0 Å². The Morgan fingerprint density at radius 2 is 2.25 bits per heavy atom. The number of alkyl halides is 1. The minimum atomic E-state index is -0.853. The van der Waals surface area contributed by atoms with Gasteiger partial charge < -0.3 is 5.11 Å². The molecule has 7 heteroatoms. The lowest BCUT2D eigenvalue weighted by atomic mass is 10.0. The summed E-state index contributed by atoms with van der Waals surface area (Å²) in [5.74, 6) is -1.16. The second-order valence-corrected chi connectivity index (χ2v) is 3.34. The number of carbonyl (C=O) groups is 1. The predicted octanol–water partition coefficient (Wildman–Crippen LogP) is 1.75. The van der Waals surface area contributed by atoms with Crippen LogP contribution in [0.1, 0.15) is 15.9 Å². The van der Waals surface area contributed by atoms with E-state index >= 15 is 0 Å². The summed E-state index contributed by atoms with van der Waals surface area (Å²) < 4.78 is 0. The fourth-order valence-electron chi connectivity index (χ4n) is 1.20. The number of nitro groups is 1. The molecule has 16 heavy (non-hydrogen) atoms. The minimum absolute atomic E-state index is 0.170. The van der Waals surface area contributed by atoms with Crippen LogP contribution in [0.3, 0.4) is 0 Å². The van der Waals surface area contributed by atoms with Crippen LogP contribution >= 0.6 is 15.9 Å². The lowest BCUT2D eigenvalue weighted by molar-refractivity contribution is -0.385. The van der Waals surface area contributed by atoms with Crippen LogP contribution in [-0.4, -0.2) is 21.1 Å². The third kappa shape index (κ3) is 2.01. The highest BCUT2D eigenvalue weighted by molar-refractivity contribution is 9.09. The Hall–Kier alpha value is -1.94. The first-order valence-electron chi connectivity index (χ1n) is 4.02. The van der Waals surface area contributed by atoms with Crippen molar-refractivity contribution >= 4 is 27.4 Å². The summed E-state index contributed by atoms with van der Waals surface area (Å²) in [5.41, 5.74) is -1.36. The molecule has 0 aliphatic rings. The van der Waals surface area contributed by atoms with Crippen molar-refractivity contribution in [2.45, 2.75) is 0 Å². The van der Waals surface area contributed by atoms with Crippen molar-refractivity contribution in [1.82, 2.24) is 0 Å². The molecule has 1 N–H and O–H groups in total. The average Bonchev–Trinajstić information content (AvgIpc) is 2.27. The number of Topliss-reactive ketones (excluding diaryl/α,β-unsaturated/α-hetero) is 1. The van der Waals surface area contributed by atoms with E-state index in [1.54, 1.807) is 6.07 Å². The molecule has 0 amide bonds. The summed E-state index contributed by atoms with van der Waals surface area (Å²) in [6, 6.07) is 3.78. The third-order valence-electron chi connectivity index (χ3n) is 1.86. The molecule has 0 unspecified atom stereocenters. The molecule has 0 radical (unpaired) electrons. The maximum atomic E-state index is 11.4. The highest BCUT2D eigenvalue weighted by Gasteiger charge is 2.27. The van der Waals surface area contributed by atoms with Crippen molar-refractivity contribution in [1.29, 1.82) is 5.26 Å². The number of halogens is 1. The van der Waals surface area contributed by atoms with Crippen molar-refractivity contribution in [3.05, 3.63) is 33.4 Å². The van der Waals surface area contributed by atoms with Crippen LogP contribution in [0.2, 0.25) is 0 Å². The first kappa shape index (κ1) is 12.1. The topological polar surface area (TPSA) is 104 Å². The van der Waals surface area contributed by atoms with Gasteiger partial charge in [-0.15, -0.1) is 0 Å². The van der Waals surface area contributed by atoms with Gasteiger partial charge in [-0.1, -0.05) is 15.9 Å². The van der Waals surface area contributed by atoms with Crippen LogP contribution in [0.15, 0.2) is 12.1 Å². The molecule has 0 aliphatic heterocycles.